The Hall–Kier alpha value is -6.24. The van der Waals surface area contributed by atoms with Crippen LogP contribution in [0.3, 0.4) is 0 Å². The molecule has 5 N–H and O–H groups in total. The van der Waals surface area contributed by atoms with Gasteiger partial charge in [0.2, 0.25) is 0 Å². The van der Waals surface area contributed by atoms with Crippen molar-refractivity contribution in [1.82, 2.24) is 4.98 Å². The summed E-state index contributed by atoms with van der Waals surface area (Å²) in [5.74, 6) is -0.530. The lowest BCUT2D eigenvalue weighted by molar-refractivity contribution is -0.193. The first-order valence-electron chi connectivity index (χ1n) is 12.4. The number of benzene rings is 3. The summed E-state index contributed by atoms with van der Waals surface area (Å²) in [6.45, 7) is 0. The van der Waals surface area contributed by atoms with Crippen molar-refractivity contribution in [2.75, 3.05) is 5.32 Å². The Balaban J connectivity index is 0.000000440. The molecule has 0 aliphatic carbocycles. The molecule has 1 heterocycles. The number of alkyl halides is 6. The molecule has 4 aromatic rings. The predicted octanol–water partition coefficient (Wildman–Crippen LogP) is 6.10. The fourth-order valence-electron chi connectivity index (χ4n) is 3.43. The van der Waals surface area contributed by atoms with Crippen molar-refractivity contribution in [1.29, 1.82) is 5.26 Å². The Morgan fingerprint density at radius 3 is 1.96 bits per heavy atom. The minimum Gasteiger partial charge on any atom is -0.475 e. The van der Waals surface area contributed by atoms with E-state index >= 15 is 0 Å². The zero-order valence-electron chi connectivity index (χ0n) is 23.0. The number of amides is 1. The molecule has 238 valence electrons. The molecule has 10 nitrogen and oxygen atoms in total. The Morgan fingerprint density at radius 1 is 0.826 bits per heavy atom. The summed E-state index contributed by atoms with van der Waals surface area (Å²) >= 11 is 0. The SMILES string of the molecule is N#Cc1ccccc1-c1ccc(NC(=O)c2cccnc2-c2cccc(C=NN)c2)cc1.O=C(O)C(F)(F)F.O=C(O)C(F)(F)F. The summed E-state index contributed by atoms with van der Waals surface area (Å²) in [5.41, 5.74) is 5.62. The Bertz CT molecular complexity index is 1730. The Labute approximate surface area is 256 Å². The van der Waals surface area contributed by atoms with Crippen molar-refractivity contribution < 1.29 is 50.9 Å². The fourth-order valence-corrected chi connectivity index (χ4v) is 3.43. The van der Waals surface area contributed by atoms with Crippen LogP contribution in [0.1, 0.15) is 21.5 Å². The number of carbonyl (C=O) groups is 3. The van der Waals surface area contributed by atoms with Crippen molar-refractivity contribution in [3.63, 3.8) is 0 Å². The van der Waals surface area contributed by atoms with Crippen LogP contribution in [0.15, 0.2) is 96.2 Å². The number of nitrogens with one attached hydrogen (secondary N) is 1. The number of hydrogen-bond donors (Lipinski definition) is 4. The number of halogens is 6. The molecule has 0 fully saturated rings. The van der Waals surface area contributed by atoms with Gasteiger partial charge in [-0.1, -0.05) is 48.5 Å². The van der Waals surface area contributed by atoms with Gasteiger partial charge in [0.15, 0.2) is 0 Å². The number of nitrogens with two attached hydrogens (primary N) is 1. The maximum Gasteiger partial charge on any atom is 0.490 e. The molecule has 1 amide bonds. The highest BCUT2D eigenvalue weighted by Crippen LogP contribution is 2.26. The summed E-state index contributed by atoms with van der Waals surface area (Å²) in [6, 6.07) is 28.0. The molecule has 0 saturated carbocycles. The molecule has 16 heteroatoms. The van der Waals surface area contributed by atoms with E-state index in [1.165, 1.54) is 6.21 Å². The first-order valence-corrected chi connectivity index (χ1v) is 12.4. The second kappa shape index (κ2) is 16.0. The van der Waals surface area contributed by atoms with Gasteiger partial charge in [-0.05, 0) is 53.1 Å². The van der Waals surface area contributed by atoms with Crippen LogP contribution in [0.25, 0.3) is 22.4 Å². The zero-order chi connectivity index (χ0) is 34.5. The summed E-state index contributed by atoms with van der Waals surface area (Å²) < 4.78 is 63.5. The maximum absolute atomic E-state index is 13.0. The molecule has 4 rings (SSSR count). The Kier molecular flexibility index (Phi) is 12.5. The van der Waals surface area contributed by atoms with Crippen LogP contribution < -0.4 is 11.2 Å². The number of anilines is 1. The quantitative estimate of drug-likeness (QED) is 0.0870. The number of carbonyl (C=O) groups excluding carboxylic acids is 1. The van der Waals surface area contributed by atoms with Gasteiger partial charge in [0.25, 0.3) is 5.91 Å². The van der Waals surface area contributed by atoms with Gasteiger partial charge in [0, 0.05) is 17.4 Å². The highest BCUT2D eigenvalue weighted by Gasteiger charge is 2.38. The summed E-state index contributed by atoms with van der Waals surface area (Å²) in [4.78, 5) is 35.2. The smallest absolute Gasteiger partial charge is 0.475 e. The van der Waals surface area contributed by atoms with E-state index in [9.17, 15) is 36.4 Å². The van der Waals surface area contributed by atoms with E-state index in [0.717, 1.165) is 22.3 Å². The molecule has 0 spiro atoms. The van der Waals surface area contributed by atoms with Crippen LogP contribution in [0.4, 0.5) is 32.0 Å². The van der Waals surface area contributed by atoms with E-state index in [2.05, 4.69) is 21.5 Å². The summed E-state index contributed by atoms with van der Waals surface area (Å²) in [6.07, 6.45) is -6.98. The van der Waals surface area contributed by atoms with Crippen molar-refractivity contribution in [3.8, 4) is 28.5 Å². The number of aliphatic carboxylic acids is 2. The largest absolute Gasteiger partial charge is 0.490 e. The monoisotopic (exact) mass is 645 g/mol. The molecule has 46 heavy (non-hydrogen) atoms. The van der Waals surface area contributed by atoms with Crippen LogP contribution in [-0.2, 0) is 9.59 Å². The number of nitriles is 1. The van der Waals surface area contributed by atoms with Crippen molar-refractivity contribution in [2.45, 2.75) is 12.4 Å². The standard InChI is InChI=1S/C26H19N5O.2C2HF3O2/c27-16-21-6-1-2-8-23(21)19-10-12-22(13-11-19)31-26(32)24-9-4-14-29-25(24)20-7-3-5-18(15-20)17-30-28;2*3-2(4,5)1(6)7/h1-15,17H,28H2,(H,31,32);2*(H,6,7). The lowest BCUT2D eigenvalue weighted by Crippen LogP contribution is -2.21. The molecule has 0 saturated heterocycles. The zero-order valence-corrected chi connectivity index (χ0v) is 23.0. The molecule has 3 aromatic carbocycles. The van der Waals surface area contributed by atoms with Gasteiger partial charge < -0.3 is 21.4 Å². The van der Waals surface area contributed by atoms with Gasteiger partial charge in [0.05, 0.1) is 29.1 Å². The highest BCUT2D eigenvalue weighted by molar-refractivity contribution is 6.08. The van der Waals surface area contributed by atoms with Crippen LogP contribution >= 0.6 is 0 Å². The predicted molar refractivity (Wildman–Crippen MR) is 153 cm³/mol. The van der Waals surface area contributed by atoms with Crippen molar-refractivity contribution in [3.05, 3.63) is 108 Å². The average Bonchev–Trinajstić information content (AvgIpc) is 3.01. The van der Waals surface area contributed by atoms with E-state index in [4.69, 9.17) is 25.6 Å². The van der Waals surface area contributed by atoms with Gasteiger partial charge in [-0.25, -0.2) is 9.59 Å². The highest BCUT2D eigenvalue weighted by atomic mass is 19.4. The fraction of sp³-hybridized carbons (Fsp3) is 0.0667. The lowest BCUT2D eigenvalue weighted by Gasteiger charge is -2.11. The Morgan fingerprint density at radius 2 is 1.41 bits per heavy atom. The summed E-state index contributed by atoms with van der Waals surface area (Å²) in [5, 5.41) is 30.0. The van der Waals surface area contributed by atoms with Gasteiger partial charge in [-0.2, -0.15) is 36.7 Å². The van der Waals surface area contributed by atoms with Gasteiger partial charge in [-0.15, -0.1) is 0 Å². The third kappa shape index (κ3) is 10.8. The van der Waals surface area contributed by atoms with Crippen LogP contribution in [0, 0.1) is 11.3 Å². The van der Waals surface area contributed by atoms with Gasteiger partial charge in [0.1, 0.15) is 0 Å². The number of pyridine rings is 1. The number of aromatic nitrogens is 1. The normalized spacial score (nSPS) is 10.8. The number of carboxylic acid groups (broad SMARTS) is 2. The molecule has 0 radical (unpaired) electrons. The molecule has 1 aromatic heterocycles. The summed E-state index contributed by atoms with van der Waals surface area (Å²) in [7, 11) is 0. The number of nitrogens with zero attached hydrogens (tertiary/aromatic N) is 3. The van der Waals surface area contributed by atoms with E-state index < -0.39 is 24.3 Å². The maximum atomic E-state index is 13.0. The molecule has 0 bridgehead atoms. The van der Waals surface area contributed by atoms with Gasteiger partial charge >= 0.3 is 24.3 Å². The number of hydrazone groups is 1. The topological polar surface area (TPSA) is 179 Å². The molecule has 0 aliphatic heterocycles. The third-order valence-electron chi connectivity index (χ3n) is 5.42. The first kappa shape index (κ1) is 36.0. The molecule has 0 atom stereocenters. The van der Waals surface area contributed by atoms with Crippen molar-refractivity contribution in [2.24, 2.45) is 10.9 Å². The van der Waals surface area contributed by atoms with Crippen LogP contribution in [0.5, 0.6) is 0 Å². The molecule has 0 unspecified atom stereocenters. The molecular formula is C30H21F6N5O5. The molecular weight excluding hydrogens is 624 g/mol. The van der Waals surface area contributed by atoms with Crippen molar-refractivity contribution >= 4 is 29.7 Å². The van der Waals surface area contributed by atoms with Gasteiger partial charge in [-0.3, -0.25) is 9.78 Å². The van der Waals surface area contributed by atoms with E-state index in [0.29, 0.717) is 22.5 Å². The van der Waals surface area contributed by atoms with E-state index in [1.54, 1.807) is 24.4 Å². The second-order valence-corrected chi connectivity index (χ2v) is 8.60. The number of carboxylic acids is 2. The average molecular weight is 646 g/mol. The number of rotatable bonds is 5. The van der Waals surface area contributed by atoms with Crippen LogP contribution in [-0.4, -0.2) is 51.6 Å². The lowest BCUT2D eigenvalue weighted by atomic mass is 10.00. The van der Waals surface area contributed by atoms with Crippen LogP contribution in [0.2, 0.25) is 0 Å². The third-order valence-corrected chi connectivity index (χ3v) is 5.42. The minimum absolute atomic E-state index is 0.267. The first-order chi connectivity index (χ1) is 21.6. The van der Waals surface area contributed by atoms with E-state index in [1.807, 2.05) is 66.7 Å². The molecule has 0 aliphatic rings. The minimum atomic E-state index is -5.08. The van der Waals surface area contributed by atoms with E-state index in [-0.39, 0.29) is 5.91 Å². The number of hydrogen-bond acceptors (Lipinski definition) is 7. The second-order valence-electron chi connectivity index (χ2n) is 8.60.